The number of fused-ring (bicyclic) bond motifs is 1. The highest BCUT2D eigenvalue weighted by Gasteiger charge is 2.19. The Labute approximate surface area is 120 Å². The van der Waals surface area contributed by atoms with Crippen LogP contribution >= 0.6 is 11.3 Å². The Kier molecular flexibility index (Phi) is 4.51. The van der Waals surface area contributed by atoms with Gasteiger partial charge in [0.15, 0.2) is 0 Å². The van der Waals surface area contributed by atoms with Crippen LogP contribution in [-0.2, 0) is 0 Å². The normalized spacial score (nSPS) is 12.6. The van der Waals surface area contributed by atoms with Gasteiger partial charge in [0.25, 0.3) is 5.69 Å². The molecule has 108 valence electrons. The summed E-state index contributed by atoms with van der Waals surface area (Å²) >= 11 is 1.44. The van der Waals surface area contributed by atoms with Crippen LogP contribution in [0.15, 0.2) is 12.1 Å². The van der Waals surface area contributed by atoms with Crippen molar-refractivity contribution >= 4 is 32.9 Å². The van der Waals surface area contributed by atoms with E-state index in [0.717, 1.165) is 21.6 Å². The third-order valence-corrected chi connectivity index (χ3v) is 4.07. The third-order valence-electron chi connectivity index (χ3n) is 3.14. The maximum atomic E-state index is 11.2. The standard InChI is InChI=1S/C13H17N3O3S/c1-3-9(4-5-17)15-10-6-11-13(20-8(2)14-11)7-12(10)16(18)19/h6-7,9,15,17H,3-5H2,1-2H3. The molecule has 0 spiro atoms. The molecule has 6 nitrogen and oxygen atoms in total. The van der Waals surface area contributed by atoms with Gasteiger partial charge in [-0.2, -0.15) is 0 Å². The van der Waals surface area contributed by atoms with Crippen molar-refractivity contribution in [3.8, 4) is 0 Å². The zero-order valence-corrected chi connectivity index (χ0v) is 12.2. The van der Waals surface area contributed by atoms with E-state index in [1.54, 1.807) is 12.1 Å². The maximum absolute atomic E-state index is 11.2. The summed E-state index contributed by atoms with van der Waals surface area (Å²) < 4.78 is 0.815. The molecule has 0 saturated heterocycles. The van der Waals surface area contributed by atoms with E-state index < -0.39 is 0 Å². The lowest BCUT2D eigenvalue weighted by molar-refractivity contribution is -0.383. The molecule has 1 heterocycles. The molecule has 20 heavy (non-hydrogen) atoms. The number of aromatic nitrogens is 1. The minimum absolute atomic E-state index is 0.0101. The average Bonchev–Trinajstić information content (AvgIpc) is 2.76. The van der Waals surface area contributed by atoms with Gasteiger partial charge in [-0.1, -0.05) is 6.92 Å². The van der Waals surface area contributed by atoms with Gasteiger partial charge < -0.3 is 10.4 Å². The first-order valence-electron chi connectivity index (χ1n) is 6.48. The van der Waals surface area contributed by atoms with Crippen molar-refractivity contribution < 1.29 is 10.0 Å². The van der Waals surface area contributed by atoms with Crippen molar-refractivity contribution in [3.05, 3.63) is 27.3 Å². The summed E-state index contributed by atoms with van der Waals surface area (Å²) in [6.07, 6.45) is 1.34. The Balaban J connectivity index is 2.43. The molecule has 2 N–H and O–H groups in total. The summed E-state index contributed by atoms with van der Waals surface area (Å²) in [5.74, 6) is 0. The van der Waals surface area contributed by atoms with Gasteiger partial charge in [0.05, 0.1) is 20.1 Å². The number of nitrogens with one attached hydrogen (secondary N) is 1. The molecule has 0 fully saturated rings. The molecular weight excluding hydrogens is 278 g/mol. The lowest BCUT2D eigenvalue weighted by Gasteiger charge is -2.17. The molecule has 1 atom stereocenters. The van der Waals surface area contributed by atoms with Gasteiger partial charge in [-0.25, -0.2) is 4.98 Å². The zero-order valence-electron chi connectivity index (χ0n) is 11.4. The molecule has 0 aliphatic heterocycles. The van der Waals surface area contributed by atoms with E-state index in [9.17, 15) is 10.1 Å². The highest BCUT2D eigenvalue weighted by molar-refractivity contribution is 7.18. The van der Waals surface area contributed by atoms with Gasteiger partial charge in [0.1, 0.15) is 5.69 Å². The number of aliphatic hydroxyl groups excluding tert-OH is 1. The van der Waals surface area contributed by atoms with Gasteiger partial charge in [-0.15, -0.1) is 11.3 Å². The molecule has 0 aliphatic rings. The number of benzene rings is 1. The Bertz CT molecular complexity index is 627. The first-order chi connectivity index (χ1) is 9.55. The van der Waals surface area contributed by atoms with Gasteiger partial charge in [-0.3, -0.25) is 10.1 Å². The highest BCUT2D eigenvalue weighted by atomic mass is 32.1. The van der Waals surface area contributed by atoms with Gasteiger partial charge in [0.2, 0.25) is 0 Å². The first-order valence-corrected chi connectivity index (χ1v) is 7.29. The molecule has 2 aromatic rings. The number of aliphatic hydroxyl groups is 1. The number of nitrogens with zero attached hydrogens (tertiary/aromatic N) is 2. The monoisotopic (exact) mass is 295 g/mol. The fourth-order valence-corrected chi connectivity index (χ4v) is 2.94. The van der Waals surface area contributed by atoms with E-state index in [-0.39, 0.29) is 23.3 Å². The lowest BCUT2D eigenvalue weighted by atomic mass is 10.1. The Hall–Kier alpha value is -1.73. The Morgan fingerprint density at radius 2 is 2.30 bits per heavy atom. The summed E-state index contributed by atoms with van der Waals surface area (Å²) in [5, 5.41) is 24.2. The van der Waals surface area contributed by atoms with Crippen molar-refractivity contribution in [2.24, 2.45) is 0 Å². The summed E-state index contributed by atoms with van der Waals surface area (Å²) in [6.45, 7) is 3.91. The van der Waals surface area contributed by atoms with Gasteiger partial charge >= 0.3 is 0 Å². The van der Waals surface area contributed by atoms with Gasteiger partial charge in [-0.05, 0) is 25.8 Å². The highest BCUT2D eigenvalue weighted by Crippen LogP contribution is 2.33. The summed E-state index contributed by atoms with van der Waals surface area (Å²) in [7, 11) is 0. The molecule has 1 unspecified atom stereocenters. The van der Waals surface area contributed by atoms with Crippen molar-refractivity contribution in [1.82, 2.24) is 4.98 Å². The number of nitro groups is 1. The molecule has 0 bridgehead atoms. The van der Waals surface area contributed by atoms with Crippen LogP contribution in [0.4, 0.5) is 11.4 Å². The molecule has 7 heteroatoms. The summed E-state index contributed by atoms with van der Waals surface area (Å²) in [6, 6.07) is 3.29. The van der Waals surface area contributed by atoms with Crippen LogP contribution in [0.1, 0.15) is 24.8 Å². The van der Waals surface area contributed by atoms with Crippen LogP contribution in [0.5, 0.6) is 0 Å². The predicted molar refractivity (Wildman–Crippen MR) is 80.4 cm³/mol. The number of anilines is 1. The predicted octanol–water partition coefficient (Wildman–Crippen LogP) is 3.09. The fraction of sp³-hybridized carbons (Fsp3) is 0.462. The molecule has 1 aromatic heterocycles. The molecule has 0 radical (unpaired) electrons. The van der Waals surface area contributed by atoms with E-state index in [1.807, 2.05) is 13.8 Å². The SMILES string of the molecule is CCC(CCO)Nc1cc2nc(C)sc2cc1[N+](=O)[O-]. The number of hydrogen-bond donors (Lipinski definition) is 2. The Morgan fingerprint density at radius 1 is 1.55 bits per heavy atom. The van der Waals surface area contributed by atoms with Crippen molar-refractivity contribution in [2.45, 2.75) is 32.7 Å². The smallest absolute Gasteiger partial charge is 0.293 e. The minimum atomic E-state index is -0.386. The summed E-state index contributed by atoms with van der Waals surface area (Å²) in [5.41, 5.74) is 1.28. The van der Waals surface area contributed by atoms with Crippen molar-refractivity contribution in [1.29, 1.82) is 0 Å². The maximum Gasteiger partial charge on any atom is 0.293 e. The van der Waals surface area contributed by atoms with E-state index in [1.165, 1.54) is 11.3 Å². The quantitative estimate of drug-likeness (QED) is 0.631. The van der Waals surface area contributed by atoms with E-state index in [4.69, 9.17) is 5.11 Å². The van der Waals surface area contributed by atoms with Gasteiger partial charge in [0, 0.05) is 18.7 Å². The molecule has 0 amide bonds. The molecule has 0 saturated carbocycles. The number of nitro benzene ring substituents is 1. The third kappa shape index (κ3) is 3.05. The second-order valence-electron chi connectivity index (χ2n) is 4.59. The van der Waals surface area contributed by atoms with Crippen LogP contribution in [0.2, 0.25) is 0 Å². The van der Waals surface area contributed by atoms with E-state index >= 15 is 0 Å². The number of thiazole rings is 1. The topological polar surface area (TPSA) is 88.3 Å². The molecule has 2 rings (SSSR count). The van der Waals surface area contributed by atoms with Crippen LogP contribution in [0, 0.1) is 17.0 Å². The average molecular weight is 295 g/mol. The van der Waals surface area contributed by atoms with E-state index in [0.29, 0.717) is 12.1 Å². The molecule has 1 aromatic carbocycles. The van der Waals surface area contributed by atoms with Crippen molar-refractivity contribution in [2.75, 3.05) is 11.9 Å². The molecule has 0 aliphatic carbocycles. The number of rotatable bonds is 6. The summed E-state index contributed by atoms with van der Waals surface area (Å²) in [4.78, 5) is 15.2. The fourth-order valence-electron chi connectivity index (χ4n) is 2.10. The van der Waals surface area contributed by atoms with Crippen LogP contribution in [0.3, 0.4) is 0 Å². The van der Waals surface area contributed by atoms with E-state index in [2.05, 4.69) is 10.3 Å². The molecular formula is C13H17N3O3S. The van der Waals surface area contributed by atoms with Crippen molar-refractivity contribution in [3.63, 3.8) is 0 Å². The van der Waals surface area contributed by atoms with Crippen LogP contribution < -0.4 is 5.32 Å². The minimum Gasteiger partial charge on any atom is -0.396 e. The second-order valence-corrected chi connectivity index (χ2v) is 5.82. The van der Waals surface area contributed by atoms with Crippen LogP contribution in [0.25, 0.3) is 10.2 Å². The number of aryl methyl sites for hydroxylation is 1. The second kappa shape index (κ2) is 6.15. The number of hydrogen-bond acceptors (Lipinski definition) is 6. The zero-order chi connectivity index (χ0) is 14.7. The largest absolute Gasteiger partial charge is 0.396 e. The van der Waals surface area contributed by atoms with Crippen LogP contribution in [-0.4, -0.2) is 27.7 Å². The first kappa shape index (κ1) is 14.7. The lowest BCUT2D eigenvalue weighted by Crippen LogP contribution is -2.20. The Morgan fingerprint density at radius 3 is 2.90 bits per heavy atom.